The van der Waals surface area contributed by atoms with Crippen LogP contribution in [0.15, 0.2) is 0 Å². The van der Waals surface area contributed by atoms with Crippen molar-refractivity contribution in [2.45, 2.75) is 71.3 Å². The monoisotopic (exact) mass is 254 g/mol. The second-order valence-electron chi connectivity index (χ2n) is 6.37. The molecule has 0 spiro atoms. The molecule has 1 unspecified atom stereocenters. The first-order chi connectivity index (χ1) is 8.48. The fourth-order valence-corrected chi connectivity index (χ4v) is 2.62. The first kappa shape index (κ1) is 15.5. The zero-order valence-corrected chi connectivity index (χ0v) is 12.3. The van der Waals surface area contributed by atoms with Crippen molar-refractivity contribution >= 4 is 5.91 Å². The Hall–Kier alpha value is -0.570. The third-order valence-corrected chi connectivity index (χ3v) is 4.63. The van der Waals surface area contributed by atoms with Gasteiger partial charge in [-0.25, -0.2) is 0 Å². The molecule has 0 saturated heterocycles. The van der Waals surface area contributed by atoms with Gasteiger partial charge in [0, 0.05) is 13.0 Å². The third kappa shape index (κ3) is 4.60. The van der Waals surface area contributed by atoms with E-state index in [4.69, 9.17) is 5.73 Å². The summed E-state index contributed by atoms with van der Waals surface area (Å²) in [6, 6.07) is 0. The van der Waals surface area contributed by atoms with Crippen molar-refractivity contribution in [2.75, 3.05) is 6.54 Å². The molecule has 1 saturated carbocycles. The van der Waals surface area contributed by atoms with Crippen molar-refractivity contribution in [1.29, 1.82) is 0 Å². The topological polar surface area (TPSA) is 55.1 Å². The molecule has 0 heterocycles. The van der Waals surface area contributed by atoms with Gasteiger partial charge in [-0.1, -0.05) is 46.0 Å². The molecule has 1 aliphatic carbocycles. The van der Waals surface area contributed by atoms with E-state index in [1.807, 2.05) is 6.92 Å². The summed E-state index contributed by atoms with van der Waals surface area (Å²) in [4.78, 5) is 12.0. The molecule has 0 aromatic heterocycles. The van der Waals surface area contributed by atoms with Gasteiger partial charge in [0.25, 0.3) is 0 Å². The summed E-state index contributed by atoms with van der Waals surface area (Å²) in [7, 11) is 0. The Labute approximate surface area is 112 Å². The summed E-state index contributed by atoms with van der Waals surface area (Å²) in [5.41, 5.74) is 5.52. The van der Waals surface area contributed by atoms with Crippen LogP contribution in [-0.2, 0) is 4.79 Å². The van der Waals surface area contributed by atoms with Crippen molar-refractivity contribution in [3.63, 3.8) is 0 Å². The second-order valence-corrected chi connectivity index (χ2v) is 6.37. The lowest BCUT2D eigenvalue weighted by molar-refractivity contribution is -0.123. The molecule has 1 rings (SSSR count). The van der Waals surface area contributed by atoms with Crippen LogP contribution in [0.3, 0.4) is 0 Å². The van der Waals surface area contributed by atoms with Crippen molar-refractivity contribution in [1.82, 2.24) is 5.32 Å². The minimum atomic E-state index is -0.260. The molecule has 0 aliphatic heterocycles. The fraction of sp³-hybridized carbons (Fsp3) is 0.933. The van der Waals surface area contributed by atoms with Crippen molar-refractivity contribution in [2.24, 2.45) is 17.6 Å². The Morgan fingerprint density at radius 2 is 1.94 bits per heavy atom. The van der Waals surface area contributed by atoms with Crippen LogP contribution in [-0.4, -0.2) is 18.0 Å². The Bertz CT molecular complexity index is 259. The maximum absolute atomic E-state index is 12.0. The van der Waals surface area contributed by atoms with Gasteiger partial charge in [-0.3, -0.25) is 4.79 Å². The molecular formula is C15H30N2O. The lowest BCUT2D eigenvalue weighted by Crippen LogP contribution is -2.55. The first-order valence-corrected chi connectivity index (χ1v) is 7.49. The number of hydrogen-bond donors (Lipinski definition) is 2. The molecule has 3 nitrogen and oxygen atoms in total. The molecule has 18 heavy (non-hydrogen) atoms. The number of nitrogens with one attached hydrogen (secondary N) is 1. The lowest BCUT2D eigenvalue weighted by atomic mass is 9.85. The number of carbonyl (C=O) groups excluding carboxylic acids is 1. The number of amides is 1. The molecule has 1 aliphatic rings. The molecule has 106 valence electrons. The zero-order valence-electron chi connectivity index (χ0n) is 12.3. The Kier molecular flexibility index (Phi) is 6.13. The molecule has 3 N–H and O–H groups in total. The highest BCUT2D eigenvalue weighted by Crippen LogP contribution is 2.27. The van der Waals surface area contributed by atoms with Crippen molar-refractivity contribution in [3.05, 3.63) is 0 Å². The van der Waals surface area contributed by atoms with E-state index in [2.05, 4.69) is 19.2 Å². The van der Waals surface area contributed by atoms with Crippen LogP contribution in [0.25, 0.3) is 0 Å². The van der Waals surface area contributed by atoms with Gasteiger partial charge in [0.2, 0.25) is 5.91 Å². The van der Waals surface area contributed by atoms with Crippen LogP contribution in [0.2, 0.25) is 0 Å². The maximum atomic E-state index is 12.0. The van der Waals surface area contributed by atoms with Crippen LogP contribution in [0.5, 0.6) is 0 Å². The predicted octanol–water partition coefficient (Wildman–Crippen LogP) is 2.84. The van der Waals surface area contributed by atoms with E-state index in [0.29, 0.717) is 18.9 Å². The molecule has 0 aromatic rings. The van der Waals surface area contributed by atoms with Gasteiger partial charge in [-0.2, -0.15) is 0 Å². The number of rotatable bonds is 6. The highest BCUT2D eigenvalue weighted by molar-refractivity contribution is 5.76. The SMILES string of the molecule is CC(C)C(C)(CN)NC(=O)CCC1CCCCC1. The fourth-order valence-electron chi connectivity index (χ4n) is 2.62. The Morgan fingerprint density at radius 3 is 2.44 bits per heavy atom. The summed E-state index contributed by atoms with van der Waals surface area (Å²) in [6.07, 6.45) is 8.40. The summed E-state index contributed by atoms with van der Waals surface area (Å²) in [6.45, 7) is 6.75. The minimum absolute atomic E-state index is 0.169. The Morgan fingerprint density at radius 1 is 1.33 bits per heavy atom. The molecular weight excluding hydrogens is 224 g/mol. The molecule has 1 fully saturated rings. The van der Waals surface area contributed by atoms with Crippen LogP contribution in [0.1, 0.15) is 65.7 Å². The smallest absolute Gasteiger partial charge is 0.220 e. The molecule has 0 aromatic carbocycles. The van der Waals surface area contributed by atoms with E-state index in [9.17, 15) is 4.79 Å². The molecule has 1 amide bonds. The highest BCUT2D eigenvalue weighted by atomic mass is 16.1. The summed E-state index contributed by atoms with van der Waals surface area (Å²) < 4.78 is 0. The van der Waals surface area contributed by atoms with E-state index in [-0.39, 0.29) is 11.4 Å². The van der Waals surface area contributed by atoms with Gasteiger partial charge in [-0.05, 0) is 25.2 Å². The zero-order chi connectivity index (χ0) is 13.6. The lowest BCUT2D eigenvalue weighted by Gasteiger charge is -2.34. The summed E-state index contributed by atoms with van der Waals surface area (Å²) in [5.74, 6) is 1.30. The average molecular weight is 254 g/mol. The average Bonchev–Trinajstić information content (AvgIpc) is 2.37. The number of carbonyl (C=O) groups is 1. The Balaban J connectivity index is 2.31. The second kappa shape index (κ2) is 7.13. The van der Waals surface area contributed by atoms with Crippen LogP contribution in [0, 0.1) is 11.8 Å². The first-order valence-electron chi connectivity index (χ1n) is 7.49. The highest BCUT2D eigenvalue weighted by Gasteiger charge is 2.28. The maximum Gasteiger partial charge on any atom is 0.220 e. The van der Waals surface area contributed by atoms with Crippen LogP contribution in [0.4, 0.5) is 0 Å². The molecule has 0 bridgehead atoms. The standard InChI is InChI=1S/C15H30N2O/c1-12(2)15(3,11-16)17-14(18)10-9-13-7-5-4-6-8-13/h12-13H,4-11,16H2,1-3H3,(H,17,18). The summed E-state index contributed by atoms with van der Waals surface area (Å²) in [5, 5.41) is 3.12. The normalized spacial score (nSPS) is 20.7. The van der Waals surface area contributed by atoms with E-state index < -0.39 is 0 Å². The van der Waals surface area contributed by atoms with E-state index in [1.165, 1.54) is 32.1 Å². The van der Waals surface area contributed by atoms with Crippen molar-refractivity contribution < 1.29 is 4.79 Å². The molecule has 0 radical (unpaired) electrons. The van der Waals surface area contributed by atoms with Gasteiger partial charge in [-0.15, -0.1) is 0 Å². The quantitative estimate of drug-likeness (QED) is 0.766. The van der Waals surface area contributed by atoms with E-state index in [1.54, 1.807) is 0 Å². The van der Waals surface area contributed by atoms with E-state index >= 15 is 0 Å². The number of hydrogen-bond acceptors (Lipinski definition) is 2. The van der Waals surface area contributed by atoms with Gasteiger partial charge in [0.05, 0.1) is 5.54 Å². The third-order valence-electron chi connectivity index (χ3n) is 4.63. The molecule has 1 atom stereocenters. The van der Waals surface area contributed by atoms with E-state index in [0.717, 1.165) is 12.3 Å². The molecule has 3 heteroatoms. The van der Waals surface area contributed by atoms with Gasteiger partial charge >= 0.3 is 0 Å². The van der Waals surface area contributed by atoms with Gasteiger partial charge in [0.1, 0.15) is 0 Å². The summed E-state index contributed by atoms with van der Waals surface area (Å²) >= 11 is 0. The number of nitrogens with two attached hydrogens (primary N) is 1. The van der Waals surface area contributed by atoms with Crippen LogP contribution >= 0.6 is 0 Å². The van der Waals surface area contributed by atoms with Gasteiger partial charge in [0.15, 0.2) is 0 Å². The largest absolute Gasteiger partial charge is 0.349 e. The predicted molar refractivity (Wildman–Crippen MR) is 76.2 cm³/mol. The van der Waals surface area contributed by atoms with Crippen molar-refractivity contribution in [3.8, 4) is 0 Å². The van der Waals surface area contributed by atoms with Gasteiger partial charge < -0.3 is 11.1 Å². The van der Waals surface area contributed by atoms with Crippen LogP contribution < -0.4 is 11.1 Å². The minimum Gasteiger partial charge on any atom is -0.349 e.